The Hall–Kier alpha value is -4.72. The van der Waals surface area contributed by atoms with Crippen LogP contribution in [-0.4, -0.2) is 18.0 Å². The average molecular weight is 441 g/mol. The van der Waals surface area contributed by atoms with Crippen molar-refractivity contribution < 1.29 is 23.3 Å². The van der Waals surface area contributed by atoms with E-state index >= 15 is 0 Å². The fraction of sp³-hybridized carbons (Fsp3) is 0.0400. The maximum Gasteiger partial charge on any atom is 0.348 e. The number of carbonyl (C=O) groups is 1. The van der Waals surface area contributed by atoms with Crippen molar-refractivity contribution in [1.29, 1.82) is 0 Å². The van der Waals surface area contributed by atoms with Crippen LogP contribution >= 0.6 is 0 Å². The molecule has 3 aromatic carbocycles. The Morgan fingerprint density at radius 1 is 0.909 bits per heavy atom. The number of benzene rings is 3. The molecule has 0 atom stereocenters. The number of nitro groups is 1. The van der Waals surface area contributed by atoms with Crippen LogP contribution in [0.5, 0.6) is 0 Å². The second-order valence-electron chi connectivity index (χ2n) is 7.27. The molecule has 0 aliphatic rings. The summed E-state index contributed by atoms with van der Waals surface area (Å²) in [6.07, 6.45) is 0. The van der Waals surface area contributed by atoms with E-state index in [-0.39, 0.29) is 11.1 Å². The highest BCUT2D eigenvalue weighted by molar-refractivity contribution is 6.10. The van der Waals surface area contributed by atoms with Crippen LogP contribution in [0, 0.1) is 10.1 Å². The van der Waals surface area contributed by atoms with Crippen molar-refractivity contribution in [2.75, 3.05) is 7.11 Å². The minimum absolute atomic E-state index is 0.0759. The van der Waals surface area contributed by atoms with E-state index in [1.54, 1.807) is 60.7 Å². The van der Waals surface area contributed by atoms with Crippen molar-refractivity contribution in [1.82, 2.24) is 0 Å². The number of ether oxygens (including phenoxy) is 1. The van der Waals surface area contributed by atoms with Crippen LogP contribution in [0.15, 0.2) is 86.4 Å². The van der Waals surface area contributed by atoms with Gasteiger partial charge >= 0.3 is 11.6 Å². The summed E-state index contributed by atoms with van der Waals surface area (Å²) in [5.41, 5.74) is 2.04. The highest BCUT2D eigenvalue weighted by atomic mass is 16.6. The van der Waals surface area contributed by atoms with Crippen LogP contribution in [0.3, 0.4) is 0 Å². The Kier molecular flexibility index (Phi) is 4.75. The fourth-order valence-corrected chi connectivity index (χ4v) is 3.81. The van der Waals surface area contributed by atoms with Gasteiger partial charge in [-0.15, -0.1) is 0 Å². The number of furan rings is 1. The van der Waals surface area contributed by atoms with Gasteiger partial charge in [-0.3, -0.25) is 10.1 Å². The summed E-state index contributed by atoms with van der Waals surface area (Å²) in [7, 11) is 1.30. The predicted octanol–water partition coefficient (Wildman–Crippen LogP) is 5.57. The predicted molar refractivity (Wildman–Crippen MR) is 121 cm³/mol. The Bertz CT molecular complexity index is 1590. The van der Waals surface area contributed by atoms with Crippen LogP contribution in [-0.2, 0) is 4.74 Å². The first-order valence-electron chi connectivity index (χ1n) is 9.90. The normalized spacial score (nSPS) is 11.1. The zero-order valence-corrected chi connectivity index (χ0v) is 17.2. The molecule has 0 fully saturated rings. The van der Waals surface area contributed by atoms with E-state index in [0.29, 0.717) is 44.6 Å². The molecule has 33 heavy (non-hydrogen) atoms. The molecule has 2 aromatic heterocycles. The lowest BCUT2D eigenvalue weighted by Gasteiger charge is -2.05. The molecule has 0 unspecified atom stereocenters. The van der Waals surface area contributed by atoms with Gasteiger partial charge in [-0.25, -0.2) is 9.59 Å². The smallest absolute Gasteiger partial charge is 0.348 e. The summed E-state index contributed by atoms with van der Waals surface area (Å²) in [6.45, 7) is 0. The van der Waals surface area contributed by atoms with Gasteiger partial charge in [0.05, 0.1) is 23.0 Å². The molecular weight excluding hydrogens is 426 g/mol. The molecule has 8 heteroatoms. The number of hydrogen-bond donors (Lipinski definition) is 0. The third-order valence-electron chi connectivity index (χ3n) is 5.38. The molecule has 5 aromatic rings. The first kappa shape index (κ1) is 20.2. The molecule has 0 amide bonds. The van der Waals surface area contributed by atoms with Crippen molar-refractivity contribution in [3.05, 3.63) is 98.9 Å². The molecule has 0 radical (unpaired) electrons. The molecule has 162 valence electrons. The van der Waals surface area contributed by atoms with Crippen molar-refractivity contribution in [2.45, 2.75) is 0 Å². The molecule has 5 rings (SSSR count). The monoisotopic (exact) mass is 441 g/mol. The molecule has 8 nitrogen and oxygen atoms in total. The summed E-state index contributed by atoms with van der Waals surface area (Å²) in [4.78, 5) is 35.4. The van der Waals surface area contributed by atoms with Crippen molar-refractivity contribution in [2.24, 2.45) is 0 Å². The molecule has 0 saturated carbocycles. The largest absolute Gasteiger partial charge is 0.465 e. The first-order valence-corrected chi connectivity index (χ1v) is 9.90. The average Bonchev–Trinajstić information content (AvgIpc) is 3.25. The number of hydrogen-bond acceptors (Lipinski definition) is 7. The molecule has 0 aliphatic heterocycles. The number of nitro benzene ring substituents is 1. The highest BCUT2D eigenvalue weighted by Gasteiger charge is 2.24. The lowest BCUT2D eigenvalue weighted by atomic mass is 9.98. The lowest BCUT2D eigenvalue weighted by Crippen LogP contribution is -2.00. The summed E-state index contributed by atoms with van der Waals surface area (Å²) in [6, 6.07) is 19.4. The van der Waals surface area contributed by atoms with E-state index in [2.05, 4.69) is 0 Å². The second-order valence-corrected chi connectivity index (χ2v) is 7.27. The van der Waals surface area contributed by atoms with Gasteiger partial charge in [0.1, 0.15) is 16.7 Å². The Labute approximate surface area is 185 Å². The second kappa shape index (κ2) is 7.76. The van der Waals surface area contributed by atoms with E-state index in [1.807, 2.05) is 0 Å². The van der Waals surface area contributed by atoms with E-state index in [1.165, 1.54) is 19.2 Å². The third-order valence-corrected chi connectivity index (χ3v) is 5.38. The number of nitrogens with zero attached hydrogens (tertiary/aromatic N) is 1. The summed E-state index contributed by atoms with van der Waals surface area (Å²) in [5, 5.41) is 11.9. The number of para-hydroxylation sites is 1. The molecule has 0 N–H and O–H groups in total. The lowest BCUT2D eigenvalue weighted by molar-refractivity contribution is -0.384. The van der Waals surface area contributed by atoms with Gasteiger partial charge in [0.15, 0.2) is 5.58 Å². The van der Waals surface area contributed by atoms with Crippen LogP contribution in [0.2, 0.25) is 0 Å². The Morgan fingerprint density at radius 2 is 1.58 bits per heavy atom. The number of fused-ring (bicyclic) bond motifs is 3. The maximum atomic E-state index is 13.0. The number of rotatable bonds is 4. The summed E-state index contributed by atoms with van der Waals surface area (Å²) < 4.78 is 16.5. The number of carbonyl (C=O) groups excluding carboxylic acids is 1. The number of methoxy groups -OCH3 is 1. The molecule has 0 bridgehead atoms. The van der Waals surface area contributed by atoms with Gasteiger partial charge in [0, 0.05) is 23.3 Å². The Balaban J connectivity index is 1.82. The van der Waals surface area contributed by atoms with Crippen molar-refractivity contribution in [3.8, 4) is 22.5 Å². The van der Waals surface area contributed by atoms with Gasteiger partial charge < -0.3 is 13.6 Å². The van der Waals surface area contributed by atoms with Crippen LogP contribution < -0.4 is 5.63 Å². The van der Waals surface area contributed by atoms with Gasteiger partial charge in [0.25, 0.3) is 5.69 Å². The molecule has 0 saturated heterocycles. The highest BCUT2D eigenvalue weighted by Crippen LogP contribution is 2.42. The van der Waals surface area contributed by atoms with Gasteiger partial charge in [0.2, 0.25) is 0 Å². The van der Waals surface area contributed by atoms with Crippen LogP contribution in [0.4, 0.5) is 5.69 Å². The van der Waals surface area contributed by atoms with Gasteiger partial charge in [-0.2, -0.15) is 0 Å². The maximum absolute atomic E-state index is 13.0. The van der Waals surface area contributed by atoms with E-state index in [0.717, 1.165) is 0 Å². The molecule has 0 aliphatic carbocycles. The molecule has 2 heterocycles. The quantitative estimate of drug-likeness (QED) is 0.155. The topological polar surface area (TPSA) is 113 Å². The number of esters is 1. The fourth-order valence-electron chi connectivity index (χ4n) is 3.81. The number of non-ortho nitro benzene ring substituents is 1. The zero-order chi connectivity index (χ0) is 23.1. The van der Waals surface area contributed by atoms with Crippen LogP contribution in [0.1, 0.15) is 10.4 Å². The van der Waals surface area contributed by atoms with E-state index in [9.17, 15) is 19.7 Å². The first-order chi connectivity index (χ1) is 16.0. The summed E-state index contributed by atoms with van der Waals surface area (Å²) >= 11 is 0. The minimum atomic E-state index is -0.585. The van der Waals surface area contributed by atoms with Crippen molar-refractivity contribution >= 4 is 33.6 Å². The van der Waals surface area contributed by atoms with E-state index < -0.39 is 16.5 Å². The van der Waals surface area contributed by atoms with Crippen molar-refractivity contribution in [3.63, 3.8) is 0 Å². The van der Waals surface area contributed by atoms with Gasteiger partial charge in [-0.1, -0.05) is 24.3 Å². The minimum Gasteiger partial charge on any atom is -0.465 e. The van der Waals surface area contributed by atoms with E-state index in [4.69, 9.17) is 13.6 Å². The van der Waals surface area contributed by atoms with Crippen LogP contribution in [0.25, 0.3) is 44.4 Å². The SMILES string of the molecule is COC(=O)c1ccc(-c2oc3c(c2-c2ccc([N+](=O)[O-])cc2)c(=O)oc2ccccc23)cc1. The zero-order valence-electron chi connectivity index (χ0n) is 17.2. The molecular formula is C25H15NO7. The Morgan fingerprint density at radius 3 is 2.24 bits per heavy atom. The standard InChI is InChI=1S/C25H15NO7/c1-31-24(27)16-8-6-15(7-9-16)22-20(14-10-12-17(13-11-14)26(29)30)21-23(33-22)18-4-2-3-5-19(18)32-25(21)28/h2-13H,1H3. The third kappa shape index (κ3) is 3.34. The summed E-state index contributed by atoms with van der Waals surface area (Å²) in [5.74, 6) is -0.104. The van der Waals surface area contributed by atoms with Gasteiger partial charge in [-0.05, 0) is 42.0 Å². The molecule has 0 spiro atoms.